The minimum Gasteiger partial charge on any atom is -0.340 e. The van der Waals surface area contributed by atoms with E-state index in [9.17, 15) is 8.42 Å². The summed E-state index contributed by atoms with van der Waals surface area (Å²) in [4.78, 5) is 12.3. The second-order valence-corrected chi connectivity index (χ2v) is 10.7. The summed E-state index contributed by atoms with van der Waals surface area (Å²) in [5.74, 6) is 0.772. The number of rotatable bonds is 6. The van der Waals surface area contributed by atoms with E-state index < -0.39 is 10.0 Å². The maximum absolute atomic E-state index is 11.8. The highest BCUT2D eigenvalue weighted by Gasteiger charge is 2.30. The van der Waals surface area contributed by atoms with Crippen LogP contribution in [0.5, 0.6) is 0 Å². The van der Waals surface area contributed by atoms with Gasteiger partial charge in [0.15, 0.2) is 5.82 Å². The van der Waals surface area contributed by atoms with Crippen molar-refractivity contribution in [3.63, 3.8) is 0 Å². The Hall–Kier alpha value is -3.01. The third-order valence-corrected chi connectivity index (χ3v) is 7.40. The number of halogens is 1. The molecule has 1 aromatic carbocycles. The molecule has 4 heterocycles. The molecule has 4 aromatic rings. The van der Waals surface area contributed by atoms with E-state index in [1.165, 1.54) is 10.6 Å². The van der Waals surface area contributed by atoms with Crippen LogP contribution in [0.15, 0.2) is 61.2 Å². The lowest BCUT2D eigenvalue weighted by Crippen LogP contribution is -2.27. The van der Waals surface area contributed by atoms with E-state index in [4.69, 9.17) is 11.6 Å². The number of benzene rings is 1. The topological polar surface area (TPSA) is 96.8 Å². The molecule has 0 radical (unpaired) electrons. The Kier molecular flexibility index (Phi) is 5.77. The van der Waals surface area contributed by atoms with Gasteiger partial charge in [0.2, 0.25) is 10.0 Å². The Morgan fingerprint density at radius 3 is 2.70 bits per heavy atom. The van der Waals surface area contributed by atoms with Gasteiger partial charge in [-0.15, -0.1) is 0 Å². The second kappa shape index (κ2) is 8.74. The quantitative estimate of drug-likeness (QED) is 0.451. The first-order valence-corrected chi connectivity index (χ1v) is 12.8. The van der Waals surface area contributed by atoms with Crippen LogP contribution in [0.4, 0.5) is 0 Å². The lowest BCUT2D eigenvalue weighted by Gasteiger charge is -2.12. The predicted octanol–water partition coefficient (Wildman–Crippen LogP) is 3.79. The summed E-state index contributed by atoms with van der Waals surface area (Å²) < 4.78 is 27.0. The van der Waals surface area contributed by atoms with E-state index in [-0.39, 0.29) is 5.92 Å². The Bertz CT molecular complexity index is 1380. The SMILES string of the molecule is CS(=O)(=O)N1CCC(c2cnc(-c3cc(-c4cnn(Cc5ccc(Cl)cc5)c4)ccn3)[nH]2)C1. The van der Waals surface area contributed by atoms with Gasteiger partial charge in [0.05, 0.1) is 19.0 Å². The molecular weight excluding hydrogens is 460 g/mol. The van der Waals surface area contributed by atoms with Crippen molar-refractivity contribution in [1.29, 1.82) is 0 Å². The smallest absolute Gasteiger partial charge is 0.211 e. The zero-order valence-electron chi connectivity index (χ0n) is 18.0. The van der Waals surface area contributed by atoms with Crippen molar-refractivity contribution in [3.8, 4) is 22.6 Å². The minimum absolute atomic E-state index is 0.107. The molecule has 1 aliphatic rings. The molecule has 5 rings (SSSR count). The van der Waals surface area contributed by atoms with Crippen LogP contribution in [-0.4, -0.2) is 56.8 Å². The van der Waals surface area contributed by atoms with Crippen molar-refractivity contribution >= 4 is 21.6 Å². The first kappa shape index (κ1) is 21.8. The fraction of sp³-hybridized carbons (Fsp3) is 0.261. The number of hydrogen-bond donors (Lipinski definition) is 1. The second-order valence-electron chi connectivity index (χ2n) is 8.28. The molecule has 8 nitrogen and oxygen atoms in total. The van der Waals surface area contributed by atoms with Gasteiger partial charge in [0, 0.05) is 53.9 Å². The fourth-order valence-corrected chi connectivity index (χ4v) is 5.09. The normalized spacial score (nSPS) is 17.0. The molecule has 0 spiro atoms. The van der Waals surface area contributed by atoms with Crippen molar-refractivity contribution in [3.05, 3.63) is 77.5 Å². The number of sulfonamides is 1. The molecule has 1 N–H and O–H groups in total. The molecule has 1 aliphatic heterocycles. The van der Waals surface area contributed by atoms with Gasteiger partial charge in [-0.25, -0.2) is 17.7 Å². The molecule has 3 aromatic heterocycles. The van der Waals surface area contributed by atoms with Crippen LogP contribution >= 0.6 is 11.6 Å². The zero-order valence-corrected chi connectivity index (χ0v) is 19.6. The fourth-order valence-electron chi connectivity index (χ4n) is 4.07. The summed E-state index contributed by atoms with van der Waals surface area (Å²) in [7, 11) is -3.17. The van der Waals surface area contributed by atoms with Crippen molar-refractivity contribution in [1.82, 2.24) is 29.0 Å². The maximum atomic E-state index is 11.8. The summed E-state index contributed by atoms with van der Waals surface area (Å²) in [6.07, 6.45) is 9.39. The molecule has 1 saturated heterocycles. The van der Waals surface area contributed by atoms with Gasteiger partial charge < -0.3 is 4.98 Å². The molecule has 0 saturated carbocycles. The first-order valence-electron chi connectivity index (χ1n) is 10.6. The Morgan fingerprint density at radius 2 is 1.94 bits per heavy atom. The molecule has 10 heteroatoms. The molecule has 1 atom stereocenters. The maximum Gasteiger partial charge on any atom is 0.211 e. The van der Waals surface area contributed by atoms with Gasteiger partial charge in [-0.3, -0.25) is 9.67 Å². The minimum atomic E-state index is -3.17. The summed E-state index contributed by atoms with van der Waals surface area (Å²) in [6, 6.07) is 11.6. The predicted molar refractivity (Wildman–Crippen MR) is 127 cm³/mol. The molecule has 0 bridgehead atoms. The number of aromatic nitrogens is 5. The number of pyridine rings is 1. The highest BCUT2D eigenvalue weighted by Crippen LogP contribution is 2.29. The highest BCUT2D eigenvalue weighted by molar-refractivity contribution is 7.88. The van der Waals surface area contributed by atoms with Gasteiger partial charge >= 0.3 is 0 Å². The van der Waals surface area contributed by atoms with Gasteiger partial charge in [-0.05, 0) is 41.8 Å². The monoisotopic (exact) mass is 482 g/mol. The van der Waals surface area contributed by atoms with E-state index >= 15 is 0 Å². The highest BCUT2D eigenvalue weighted by atomic mass is 35.5. The van der Waals surface area contributed by atoms with Gasteiger partial charge in [-0.1, -0.05) is 23.7 Å². The number of hydrogen-bond acceptors (Lipinski definition) is 5. The lowest BCUT2D eigenvalue weighted by atomic mass is 10.1. The van der Waals surface area contributed by atoms with Crippen molar-refractivity contribution in [2.45, 2.75) is 18.9 Å². The molecule has 33 heavy (non-hydrogen) atoms. The van der Waals surface area contributed by atoms with Crippen LogP contribution in [0.2, 0.25) is 5.02 Å². The van der Waals surface area contributed by atoms with Gasteiger partial charge in [0.1, 0.15) is 5.69 Å². The van der Waals surface area contributed by atoms with Crippen LogP contribution < -0.4 is 0 Å². The van der Waals surface area contributed by atoms with Crippen molar-refractivity contribution in [2.75, 3.05) is 19.3 Å². The summed E-state index contributed by atoms with van der Waals surface area (Å²) >= 11 is 5.96. The molecular formula is C23H23ClN6O2S. The number of aromatic amines is 1. The number of nitrogens with zero attached hydrogens (tertiary/aromatic N) is 5. The summed E-state index contributed by atoms with van der Waals surface area (Å²) in [5, 5.41) is 5.20. The van der Waals surface area contributed by atoms with Crippen LogP contribution in [-0.2, 0) is 16.6 Å². The number of H-pyrrole nitrogens is 1. The zero-order chi connectivity index (χ0) is 23.0. The van der Waals surface area contributed by atoms with Gasteiger partial charge in [0.25, 0.3) is 0 Å². The van der Waals surface area contributed by atoms with E-state index in [0.717, 1.165) is 34.5 Å². The van der Waals surface area contributed by atoms with E-state index in [2.05, 4.69) is 20.1 Å². The van der Waals surface area contributed by atoms with Crippen LogP contribution in [0.3, 0.4) is 0 Å². The average molecular weight is 483 g/mol. The molecule has 1 unspecified atom stereocenters. The summed E-state index contributed by atoms with van der Waals surface area (Å²) in [6.45, 7) is 1.66. The Balaban J connectivity index is 1.32. The summed E-state index contributed by atoms with van der Waals surface area (Å²) in [5.41, 5.74) is 4.75. The van der Waals surface area contributed by atoms with E-state index in [1.807, 2.05) is 53.5 Å². The van der Waals surface area contributed by atoms with Crippen molar-refractivity contribution in [2.24, 2.45) is 0 Å². The standard InChI is InChI=1S/C23H23ClN6O2S/c1-33(31,32)30-9-7-18(15-30)22-12-26-23(28-22)21-10-17(6-8-25-21)19-11-27-29(14-19)13-16-2-4-20(24)5-3-16/h2-6,8,10-12,14,18H,7,9,13,15H2,1H3,(H,26,28). The number of imidazole rings is 1. The Labute approximate surface area is 197 Å². The lowest BCUT2D eigenvalue weighted by molar-refractivity contribution is 0.478. The molecule has 0 aliphatic carbocycles. The average Bonchev–Trinajstić information content (AvgIpc) is 3.55. The van der Waals surface area contributed by atoms with Crippen molar-refractivity contribution < 1.29 is 8.42 Å². The van der Waals surface area contributed by atoms with Gasteiger partial charge in [-0.2, -0.15) is 5.10 Å². The first-order chi connectivity index (χ1) is 15.8. The molecule has 170 valence electrons. The third kappa shape index (κ3) is 4.85. The van der Waals surface area contributed by atoms with Crippen LogP contribution in [0, 0.1) is 0 Å². The largest absolute Gasteiger partial charge is 0.340 e. The number of nitrogens with one attached hydrogen (secondary N) is 1. The van der Waals surface area contributed by atoms with Crippen LogP contribution in [0.1, 0.15) is 23.6 Å². The molecule has 1 fully saturated rings. The van der Waals surface area contributed by atoms with Crippen LogP contribution in [0.25, 0.3) is 22.6 Å². The van der Waals surface area contributed by atoms with E-state index in [1.54, 1.807) is 12.4 Å². The molecule has 0 amide bonds. The Morgan fingerprint density at radius 1 is 1.12 bits per heavy atom. The van der Waals surface area contributed by atoms with E-state index in [0.29, 0.717) is 30.5 Å². The third-order valence-electron chi connectivity index (χ3n) is 5.88.